The molecule has 1 fully saturated rings. The number of nitrogens with one attached hydrogen (secondary N) is 2. The number of carbonyl (C=O) groups excluding carboxylic acids is 1. The van der Waals surface area contributed by atoms with E-state index in [2.05, 4.69) is 10.6 Å². The van der Waals surface area contributed by atoms with E-state index in [9.17, 15) is 13.2 Å². The van der Waals surface area contributed by atoms with Crippen molar-refractivity contribution in [2.45, 2.75) is 23.8 Å². The Bertz CT molecular complexity index is 589. The SMILES string of the molecule is CN(C)S(=O)(=O)c1ccccc1NC1CCC(=O)NC1. The Morgan fingerprint density at radius 1 is 1.30 bits per heavy atom. The first-order valence-electron chi connectivity index (χ1n) is 6.46. The monoisotopic (exact) mass is 297 g/mol. The predicted molar refractivity (Wildman–Crippen MR) is 77.0 cm³/mol. The van der Waals surface area contributed by atoms with Crippen molar-refractivity contribution in [2.75, 3.05) is 26.0 Å². The van der Waals surface area contributed by atoms with Crippen LogP contribution >= 0.6 is 0 Å². The normalized spacial score (nSPS) is 19.8. The fourth-order valence-electron chi connectivity index (χ4n) is 2.08. The number of hydrogen-bond acceptors (Lipinski definition) is 4. The third-order valence-corrected chi connectivity index (χ3v) is 5.14. The van der Waals surface area contributed by atoms with Crippen LogP contribution in [0.15, 0.2) is 29.2 Å². The van der Waals surface area contributed by atoms with Gasteiger partial charge in [-0.15, -0.1) is 0 Å². The van der Waals surface area contributed by atoms with Crippen LogP contribution in [0.1, 0.15) is 12.8 Å². The molecule has 1 aromatic rings. The lowest BCUT2D eigenvalue weighted by Gasteiger charge is -2.26. The maximum Gasteiger partial charge on any atom is 0.244 e. The van der Waals surface area contributed by atoms with Gasteiger partial charge in [0.2, 0.25) is 15.9 Å². The summed E-state index contributed by atoms with van der Waals surface area (Å²) in [5.74, 6) is 0.0391. The van der Waals surface area contributed by atoms with Crippen LogP contribution in [0.2, 0.25) is 0 Å². The molecule has 1 unspecified atom stereocenters. The minimum atomic E-state index is -3.49. The largest absolute Gasteiger partial charge is 0.379 e. The number of sulfonamides is 1. The van der Waals surface area contributed by atoms with Crippen LogP contribution in [-0.4, -0.2) is 45.3 Å². The fourth-order valence-corrected chi connectivity index (χ4v) is 3.13. The molecular weight excluding hydrogens is 278 g/mol. The molecular formula is C13H19N3O3S. The minimum absolute atomic E-state index is 0.0391. The van der Waals surface area contributed by atoms with Crippen LogP contribution in [0.25, 0.3) is 0 Å². The zero-order chi connectivity index (χ0) is 14.8. The Kier molecular flexibility index (Phi) is 4.29. The molecule has 7 heteroatoms. The van der Waals surface area contributed by atoms with Crippen LogP contribution in [0.3, 0.4) is 0 Å². The van der Waals surface area contributed by atoms with E-state index in [4.69, 9.17) is 0 Å². The fraction of sp³-hybridized carbons (Fsp3) is 0.462. The number of piperidine rings is 1. The molecule has 0 spiro atoms. The summed E-state index contributed by atoms with van der Waals surface area (Å²) in [6.07, 6.45) is 1.16. The van der Waals surface area contributed by atoms with Crippen LogP contribution in [0, 0.1) is 0 Å². The van der Waals surface area contributed by atoms with Gasteiger partial charge < -0.3 is 10.6 Å². The van der Waals surface area contributed by atoms with E-state index in [-0.39, 0.29) is 16.8 Å². The quantitative estimate of drug-likeness (QED) is 0.854. The van der Waals surface area contributed by atoms with Gasteiger partial charge in [-0.25, -0.2) is 12.7 Å². The molecule has 1 aromatic carbocycles. The first kappa shape index (κ1) is 14.8. The Morgan fingerprint density at radius 2 is 2.00 bits per heavy atom. The molecule has 0 saturated carbocycles. The average Bonchev–Trinajstić information content (AvgIpc) is 2.41. The molecule has 1 aliphatic heterocycles. The van der Waals surface area contributed by atoms with E-state index in [0.717, 1.165) is 0 Å². The zero-order valence-corrected chi connectivity index (χ0v) is 12.4. The lowest BCUT2D eigenvalue weighted by Crippen LogP contribution is -2.42. The number of benzene rings is 1. The van der Waals surface area contributed by atoms with E-state index >= 15 is 0 Å². The van der Waals surface area contributed by atoms with Gasteiger partial charge in [-0.05, 0) is 18.6 Å². The predicted octanol–water partition coefficient (Wildman–Crippen LogP) is 0.627. The highest BCUT2D eigenvalue weighted by atomic mass is 32.2. The molecule has 0 radical (unpaired) electrons. The third kappa shape index (κ3) is 3.10. The number of hydrogen-bond donors (Lipinski definition) is 2. The highest BCUT2D eigenvalue weighted by Gasteiger charge is 2.23. The summed E-state index contributed by atoms with van der Waals surface area (Å²) in [5, 5.41) is 5.98. The van der Waals surface area contributed by atoms with Crippen LogP contribution < -0.4 is 10.6 Å². The highest BCUT2D eigenvalue weighted by molar-refractivity contribution is 7.89. The third-order valence-electron chi connectivity index (χ3n) is 3.27. The maximum absolute atomic E-state index is 12.3. The molecule has 1 aliphatic rings. The van der Waals surface area contributed by atoms with Crippen molar-refractivity contribution in [3.63, 3.8) is 0 Å². The van der Waals surface area contributed by atoms with Crippen LogP contribution in [-0.2, 0) is 14.8 Å². The summed E-state index contributed by atoms with van der Waals surface area (Å²) in [7, 11) is -0.472. The van der Waals surface area contributed by atoms with Gasteiger partial charge in [-0.1, -0.05) is 12.1 Å². The van der Waals surface area contributed by atoms with Crippen molar-refractivity contribution in [3.05, 3.63) is 24.3 Å². The van der Waals surface area contributed by atoms with Gasteiger partial charge in [0.25, 0.3) is 0 Å². The van der Waals surface area contributed by atoms with E-state index in [0.29, 0.717) is 25.1 Å². The Morgan fingerprint density at radius 3 is 2.60 bits per heavy atom. The maximum atomic E-state index is 12.3. The van der Waals surface area contributed by atoms with Crippen LogP contribution in [0.4, 0.5) is 5.69 Å². The van der Waals surface area contributed by atoms with Gasteiger partial charge in [0.1, 0.15) is 4.90 Å². The Balaban J connectivity index is 2.23. The number of nitrogens with zero attached hydrogens (tertiary/aromatic N) is 1. The molecule has 0 bridgehead atoms. The van der Waals surface area contributed by atoms with E-state index in [1.54, 1.807) is 24.3 Å². The van der Waals surface area contributed by atoms with Crippen molar-refractivity contribution in [1.82, 2.24) is 9.62 Å². The van der Waals surface area contributed by atoms with Gasteiger partial charge in [-0.3, -0.25) is 4.79 Å². The van der Waals surface area contributed by atoms with Crippen LogP contribution in [0.5, 0.6) is 0 Å². The second-order valence-corrected chi connectivity index (χ2v) is 7.09. The molecule has 0 aliphatic carbocycles. The summed E-state index contributed by atoms with van der Waals surface area (Å²) in [4.78, 5) is 11.4. The standard InChI is InChI=1S/C13H19N3O3S/c1-16(2)20(18,19)12-6-4-3-5-11(12)15-10-7-8-13(17)14-9-10/h3-6,10,15H,7-9H2,1-2H3,(H,14,17). The van der Waals surface area contributed by atoms with Gasteiger partial charge in [0, 0.05) is 33.1 Å². The van der Waals surface area contributed by atoms with E-state index < -0.39 is 10.0 Å². The molecule has 2 rings (SSSR count). The smallest absolute Gasteiger partial charge is 0.244 e. The zero-order valence-electron chi connectivity index (χ0n) is 11.6. The van der Waals surface area contributed by atoms with Crippen molar-refractivity contribution in [1.29, 1.82) is 0 Å². The van der Waals surface area contributed by atoms with Crippen molar-refractivity contribution < 1.29 is 13.2 Å². The molecule has 2 N–H and O–H groups in total. The topological polar surface area (TPSA) is 78.5 Å². The Hall–Kier alpha value is -1.60. The summed E-state index contributed by atoms with van der Waals surface area (Å²) >= 11 is 0. The molecule has 110 valence electrons. The molecule has 1 saturated heterocycles. The number of anilines is 1. The molecule has 1 amide bonds. The summed E-state index contributed by atoms with van der Waals surface area (Å²) in [5.41, 5.74) is 0.572. The van der Waals surface area contributed by atoms with Gasteiger partial charge in [0.15, 0.2) is 0 Å². The average molecular weight is 297 g/mol. The molecule has 20 heavy (non-hydrogen) atoms. The summed E-state index contributed by atoms with van der Waals surface area (Å²) in [6, 6.07) is 6.86. The molecule has 0 aromatic heterocycles. The molecule has 1 heterocycles. The van der Waals surface area contributed by atoms with Gasteiger partial charge in [0.05, 0.1) is 5.69 Å². The van der Waals surface area contributed by atoms with E-state index in [1.807, 2.05) is 0 Å². The highest BCUT2D eigenvalue weighted by Crippen LogP contribution is 2.24. The first-order valence-corrected chi connectivity index (χ1v) is 7.90. The first-order chi connectivity index (χ1) is 9.41. The Labute approximate surface area is 119 Å². The number of rotatable bonds is 4. The second kappa shape index (κ2) is 5.80. The second-order valence-electron chi connectivity index (χ2n) is 4.97. The van der Waals surface area contributed by atoms with Gasteiger partial charge in [-0.2, -0.15) is 0 Å². The summed E-state index contributed by atoms with van der Waals surface area (Å²) < 4.78 is 25.7. The number of amides is 1. The number of para-hydroxylation sites is 1. The lowest BCUT2D eigenvalue weighted by molar-refractivity contribution is -0.122. The molecule has 1 atom stereocenters. The van der Waals surface area contributed by atoms with E-state index in [1.165, 1.54) is 18.4 Å². The van der Waals surface area contributed by atoms with Crippen molar-refractivity contribution in [2.24, 2.45) is 0 Å². The number of carbonyl (C=O) groups is 1. The van der Waals surface area contributed by atoms with Gasteiger partial charge >= 0.3 is 0 Å². The van der Waals surface area contributed by atoms with Crippen molar-refractivity contribution >= 4 is 21.6 Å². The lowest BCUT2D eigenvalue weighted by atomic mass is 10.1. The summed E-state index contributed by atoms with van der Waals surface area (Å²) in [6.45, 7) is 0.509. The van der Waals surface area contributed by atoms with Crippen molar-refractivity contribution in [3.8, 4) is 0 Å². The molecule has 6 nitrogen and oxygen atoms in total. The minimum Gasteiger partial charge on any atom is -0.379 e.